The molecule has 20 heavy (non-hydrogen) atoms. The third-order valence-electron chi connectivity index (χ3n) is 3.44. The van der Waals surface area contributed by atoms with Crippen LogP contribution in [-0.2, 0) is 19.8 Å². The van der Waals surface area contributed by atoms with E-state index in [4.69, 9.17) is 9.94 Å². The first-order valence-corrected chi connectivity index (χ1v) is 7.48. The molecule has 0 amide bonds. The second kappa shape index (κ2) is 5.19. The Kier molecular flexibility index (Phi) is 3.89. The minimum atomic E-state index is -3.43. The van der Waals surface area contributed by atoms with Gasteiger partial charge in [0.15, 0.2) is 0 Å². The molecule has 0 aromatic heterocycles. The summed E-state index contributed by atoms with van der Waals surface area (Å²) in [5.74, 6) is 0.0152. The molecule has 0 saturated carbocycles. The molecule has 0 bridgehead atoms. The standard InChI is InChI=1S/C10H17N3O6S/c1-12(2)20(16,17)13-5-3-10(4-6-13)7-8(11-19-10)18-9(14)15/h3-7H2,1-2H3,(H,14,15). The Bertz CT molecular complexity index is 521. The molecule has 0 aliphatic carbocycles. The zero-order chi connectivity index (χ0) is 15.0. The maximum Gasteiger partial charge on any atom is 0.512 e. The summed E-state index contributed by atoms with van der Waals surface area (Å²) in [7, 11) is -0.471. The number of piperidine rings is 1. The number of oxime groups is 1. The monoisotopic (exact) mass is 307 g/mol. The molecule has 2 aliphatic heterocycles. The first-order valence-electron chi connectivity index (χ1n) is 6.09. The van der Waals surface area contributed by atoms with E-state index in [0.29, 0.717) is 25.9 Å². The van der Waals surface area contributed by atoms with Crippen molar-refractivity contribution in [1.29, 1.82) is 0 Å². The summed E-state index contributed by atoms with van der Waals surface area (Å²) < 4.78 is 31.0. The Labute approximate surface area is 116 Å². The van der Waals surface area contributed by atoms with Crippen molar-refractivity contribution in [3.8, 4) is 0 Å². The number of rotatable bonds is 2. The SMILES string of the molecule is CN(C)S(=O)(=O)N1CCC2(CC1)CC(OC(=O)O)=NO2. The zero-order valence-corrected chi connectivity index (χ0v) is 12.1. The van der Waals surface area contributed by atoms with Crippen LogP contribution in [0.15, 0.2) is 5.16 Å². The Hall–Kier alpha value is -1.39. The molecule has 114 valence electrons. The highest BCUT2D eigenvalue weighted by atomic mass is 32.2. The molecule has 1 fully saturated rings. The molecule has 2 rings (SSSR count). The summed E-state index contributed by atoms with van der Waals surface area (Å²) in [5, 5.41) is 12.1. The van der Waals surface area contributed by atoms with E-state index in [9.17, 15) is 13.2 Å². The van der Waals surface area contributed by atoms with E-state index in [1.807, 2.05) is 0 Å². The van der Waals surface area contributed by atoms with Gasteiger partial charge in [-0.2, -0.15) is 17.0 Å². The fraction of sp³-hybridized carbons (Fsp3) is 0.800. The molecule has 1 spiro atoms. The molecule has 0 aromatic carbocycles. The molecular formula is C10H17N3O6S. The summed E-state index contributed by atoms with van der Waals surface area (Å²) in [4.78, 5) is 15.7. The quantitative estimate of drug-likeness (QED) is 0.722. The van der Waals surface area contributed by atoms with Crippen LogP contribution in [0.2, 0.25) is 0 Å². The van der Waals surface area contributed by atoms with E-state index in [2.05, 4.69) is 9.89 Å². The van der Waals surface area contributed by atoms with Gasteiger partial charge < -0.3 is 14.7 Å². The van der Waals surface area contributed by atoms with Crippen molar-refractivity contribution in [2.45, 2.75) is 24.9 Å². The Balaban J connectivity index is 1.95. The van der Waals surface area contributed by atoms with Crippen molar-refractivity contribution in [3.05, 3.63) is 0 Å². The minimum absolute atomic E-state index is 0.0152. The highest BCUT2D eigenvalue weighted by Gasteiger charge is 2.45. The fourth-order valence-electron chi connectivity index (χ4n) is 2.27. The number of carbonyl (C=O) groups is 1. The van der Waals surface area contributed by atoms with Gasteiger partial charge in [-0.05, 0) is 0 Å². The highest BCUT2D eigenvalue weighted by molar-refractivity contribution is 7.86. The van der Waals surface area contributed by atoms with Crippen molar-refractivity contribution in [2.75, 3.05) is 27.2 Å². The summed E-state index contributed by atoms with van der Waals surface area (Å²) in [6, 6.07) is 0. The lowest BCUT2D eigenvalue weighted by atomic mass is 9.89. The largest absolute Gasteiger partial charge is 0.512 e. The van der Waals surface area contributed by atoms with Gasteiger partial charge in [0.1, 0.15) is 5.60 Å². The number of ether oxygens (including phenoxy) is 1. The van der Waals surface area contributed by atoms with Crippen LogP contribution in [0, 0.1) is 0 Å². The molecule has 0 aromatic rings. The van der Waals surface area contributed by atoms with Crippen molar-refractivity contribution in [3.63, 3.8) is 0 Å². The van der Waals surface area contributed by atoms with Crippen LogP contribution < -0.4 is 0 Å². The first-order chi connectivity index (χ1) is 9.25. The lowest BCUT2D eigenvalue weighted by molar-refractivity contribution is -0.0510. The average molecular weight is 307 g/mol. The van der Waals surface area contributed by atoms with Crippen molar-refractivity contribution < 1.29 is 27.9 Å². The van der Waals surface area contributed by atoms with Crippen LogP contribution in [0.1, 0.15) is 19.3 Å². The van der Waals surface area contributed by atoms with E-state index in [-0.39, 0.29) is 12.3 Å². The van der Waals surface area contributed by atoms with Gasteiger partial charge in [-0.25, -0.2) is 4.79 Å². The Morgan fingerprint density at radius 1 is 1.45 bits per heavy atom. The van der Waals surface area contributed by atoms with Crippen LogP contribution in [0.5, 0.6) is 0 Å². The Morgan fingerprint density at radius 2 is 2.05 bits per heavy atom. The number of carboxylic acid groups (broad SMARTS) is 1. The lowest BCUT2D eigenvalue weighted by Gasteiger charge is -2.37. The molecule has 2 aliphatic rings. The van der Waals surface area contributed by atoms with Crippen LogP contribution in [0.4, 0.5) is 4.79 Å². The molecule has 9 nitrogen and oxygen atoms in total. The smallest absolute Gasteiger partial charge is 0.449 e. The van der Waals surface area contributed by atoms with Crippen molar-refractivity contribution in [2.24, 2.45) is 5.16 Å². The van der Waals surface area contributed by atoms with Crippen molar-refractivity contribution in [1.82, 2.24) is 8.61 Å². The van der Waals surface area contributed by atoms with Gasteiger partial charge >= 0.3 is 6.16 Å². The first kappa shape index (κ1) is 15.0. The third kappa shape index (κ3) is 2.86. The normalized spacial score (nSPS) is 22.6. The van der Waals surface area contributed by atoms with Gasteiger partial charge in [0.25, 0.3) is 10.2 Å². The van der Waals surface area contributed by atoms with E-state index in [1.54, 1.807) is 0 Å². The number of nitrogens with zero attached hydrogens (tertiary/aromatic N) is 3. The summed E-state index contributed by atoms with van der Waals surface area (Å²) in [5.41, 5.74) is -0.650. The molecule has 0 atom stereocenters. The van der Waals surface area contributed by atoms with Crippen molar-refractivity contribution >= 4 is 22.3 Å². The van der Waals surface area contributed by atoms with Crippen LogP contribution in [0.25, 0.3) is 0 Å². The summed E-state index contributed by atoms with van der Waals surface area (Å²) >= 11 is 0. The maximum absolute atomic E-state index is 12.0. The maximum atomic E-state index is 12.0. The predicted octanol–water partition coefficient (Wildman–Crippen LogP) is 0.0558. The van der Waals surface area contributed by atoms with Gasteiger partial charge in [0.05, 0.1) is 6.42 Å². The Morgan fingerprint density at radius 3 is 2.55 bits per heavy atom. The predicted molar refractivity (Wildman–Crippen MR) is 68.4 cm³/mol. The summed E-state index contributed by atoms with van der Waals surface area (Å²) in [6.07, 6.45) is -0.307. The van der Waals surface area contributed by atoms with E-state index < -0.39 is 22.0 Å². The van der Waals surface area contributed by atoms with Gasteiger partial charge in [-0.15, -0.1) is 0 Å². The second-order valence-corrected chi connectivity index (χ2v) is 7.14. The lowest BCUT2D eigenvalue weighted by Crippen LogP contribution is -2.49. The second-order valence-electron chi connectivity index (χ2n) is 4.99. The minimum Gasteiger partial charge on any atom is -0.449 e. The van der Waals surface area contributed by atoms with Gasteiger partial charge in [0.2, 0.25) is 5.90 Å². The third-order valence-corrected chi connectivity index (χ3v) is 5.38. The van der Waals surface area contributed by atoms with Crippen LogP contribution >= 0.6 is 0 Å². The fourth-order valence-corrected chi connectivity index (χ4v) is 3.37. The van der Waals surface area contributed by atoms with Gasteiger partial charge in [0, 0.05) is 40.0 Å². The van der Waals surface area contributed by atoms with E-state index in [1.165, 1.54) is 18.4 Å². The molecule has 2 heterocycles. The molecule has 1 N–H and O–H groups in total. The molecule has 1 saturated heterocycles. The number of hydrogen-bond acceptors (Lipinski definition) is 6. The van der Waals surface area contributed by atoms with Gasteiger partial charge in [-0.1, -0.05) is 5.16 Å². The van der Waals surface area contributed by atoms with Crippen LogP contribution in [-0.4, -0.2) is 67.0 Å². The highest BCUT2D eigenvalue weighted by Crippen LogP contribution is 2.35. The molecule has 10 heteroatoms. The molecule has 0 radical (unpaired) electrons. The van der Waals surface area contributed by atoms with Crippen LogP contribution in [0.3, 0.4) is 0 Å². The molecular weight excluding hydrogens is 290 g/mol. The molecule has 0 unspecified atom stereocenters. The average Bonchev–Trinajstić information content (AvgIpc) is 2.71. The van der Waals surface area contributed by atoms with E-state index >= 15 is 0 Å². The van der Waals surface area contributed by atoms with E-state index in [0.717, 1.165) is 4.31 Å². The van der Waals surface area contributed by atoms with Gasteiger partial charge in [-0.3, -0.25) is 0 Å². The zero-order valence-electron chi connectivity index (χ0n) is 11.3. The number of hydrogen-bond donors (Lipinski definition) is 1. The summed E-state index contributed by atoms with van der Waals surface area (Å²) in [6.45, 7) is 0.604. The topological polar surface area (TPSA) is 109 Å².